The van der Waals surface area contributed by atoms with Gasteiger partial charge in [0.1, 0.15) is 12.6 Å². The van der Waals surface area contributed by atoms with Gasteiger partial charge in [0.05, 0.1) is 11.6 Å². The minimum absolute atomic E-state index is 0.0395. The third kappa shape index (κ3) is 14.5. The number of unbranched alkanes of at least 4 members (excludes halogenated alkanes) is 1. The molecule has 2 amide bonds. The van der Waals surface area contributed by atoms with E-state index in [1.165, 1.54) is 0 Å². The number of amides is 2. The number of halogens is 3. The van der Waals surface area contributed by atoms with E-state index >= 15 is 0 Å². The van der Waals surface area contributed by atoms with Gasteiger partial charge in [-0.05, 0) is 68.8 Å². The van der Waals surface area contributed by atoms with Crippen LogP contribution in [0.25, 0.3) is 0 Å². The number of ether oxygens (including phenoxy) is 2. The van der Waals surface area contributed by atoms with Crippen molar-refractivity contribution in [3.63, 3.8) is 0 Å². The van der Waals surface area contributed by atoms with Gasteiger partial charge in [-0.3, -0.25) is 9.59 Å². The molecule has 0 radical (unpaired) electrons. The first-order valence-corrected chi connectivity index (χ1v) is 15.7. The quantitative estimate of drug-likeness (QED) is 0.124. The molecule has 0 saturated heterocycles. The first-order chi connectivity index (χ1) is 23.6. The number of carbonyl (C=O) groups excluding carboxylic acids is 4. The van der Waals surface area contributed by atoms with E-state index in [2.05, 4.69) is 10.6 Å². The zero-order chi connectivity index (χ0) is 37.3. The zero-order valence-electron chi connectivity index (χ0n) is 28.0. The van der Waals surface area contributed by atoms with Crippen molar-refractivity contribution >= 4 is 29.7 Å². The molecule has 14 heteroatoms. The molecule has 270 valence electrons. The molecule has 0 fully saturated rings. The number of carbonyl (C=O) groups is 5. The van der Waals surface area contributed by atoms with E-state index in [-0.39, 0.29) is 13.0 Å². The van der Waals surface area contributed by atoms with E-state index in [0.717, 1.165) is 27.8 Å². The van der Waals surface area contributed by atoms with E-state index in [1.54, 1.807) is 0 Å². The fourth-order valence-electron chi connectivity index (χ4n) is 4.86. The Balaban J connectivity index is 0.00000112. The monoisotopic (exact) mass is 701 g/mol. The molecule has 3 aromatic rings. The summed E-state index contributed by atoms with van der Waals surface area (Å²) in [6.07, 6.45) is -4.13. The van der Waals surface area contributed by atoms with Crippen molar-refractivity contribution in [3.8, 4) is 0 Å². The summed E-state index contributed by atoms with van der Waals surface area (Å²) in [7, 11) is 0. The lowest BCUT2D eigenvalue weighted by atomic mass is 10.00. The average Bonchev–Trinajstić information content (AvgIpc) is 3.06. The van der Waals surface area contributed by atoms with Gasteiger partial charge in [-0.25, -0.2) is 14.4 Å². The molecular formula is C36H42F3N3O8. The summed E-state index contributed by atoms with van der Waals surface area (Å²) in [5, 5.41) is 12.5. The second-order valence-electron chi connectivity index (χ2n) is 11.4. The molecule has 0 unspecified atom stereocenters. The fraction of sp³-hybridized carbons (Fsp3) is 0.361. The molecule has 0 aliphatic carbocycles. The number of carboxylic acids is 1. The zero-order valence-corrected chi connectivity index (χ0v) is 28.0. The highest BCUT2D eigenvalue weighted by Crippen LogP contribution is 2.18. The van der Waals surface area contributed by atoms with Gasteiger partial charge in [-0.15, -0.1) is 0 Å². The van der Waals surface area contributed by atoms with Gasteiger partial charge in [0.25, 0.3) is 0 Å². The summed E-state index contributed by atoms with van der Waals surface area (Å²) in [6, 6.07) is 20.2. The van der Waals surface area contributed by atoms with Crippen LogP contribution in [0.2, 0.25) is 0 Å². The number of nitrogens with two attached hydrogens (primary N) is 1. The number of rotatable bonds is 15. The summed E-state index contributed by atoms with van der Waals surface area (Å²) in [4.78, 5) is 61.2. The molecule has 3 aromatic carbocycles. The van der Waals surface area contributed by atoms with Crippen LogP contribution in [0.3, 0.4) is 0 Å². The lowest BCUT2D eigenvalue weighted by Gasteiger charge is -2.23. The van der Waals surface area contributed by atoms with Crippen molar-refractivity contribution < 1.29 is 51.7 Å². The number of carboxylic acid groups (broad SMARTS) is 1. The number of alkyl carbamates (subject to hydrolysis) is 1. The van der Waals surface area contributed by atoms with Gasteiger partial charge < -0.3 is 30.9 Å². The molecule has 11 nitrogen and oxygen atoms in total. The topological polar surface area (TPSA) is 174 Å². The van der Waals surface area contributed by atoms with Crippen LogP contribution in [0.4, 0.5) is 18.0 Å². The summed E-state index contributed by atoms with van der Waals surface area (Å²) in [6.45, 7) is 5.54. The number of aryl methyl sites for hydroxylation is 3. The third-order valence-corrected chi connectivity index (χ3v) is 7.23. The second-order valence-corrected chi connectivity index (χ2v) is 11.4. The maximum Gasteiger partial charge on any atom is 0.490 e. The van der Waals surface area contributed by atoms with Crippen molar-refractivity contribution in [1.82, 2.24) is 10.6 Å². The Hall–Kier alpha value is -5.24. The van der Waals surface area contributed by atoms with Gasteiger partial charge in [0.15, 0.2) is 12.4 Å². The highest BCUT2D eigenvalue weighted by atomic mass is 19.4. The lowest BCUT2D eigenvalue weighted by molar-refractivity contribution is -0.192. The Morgan fingerprint density at radius 2 is 1.34 bits per heavy atom. The maximum atomic E-state index is 13.5. The molecule has 5 N–H and O–H groups in total. The van der Waals surface area contributed by atoms with Crippen molar-refractivity contribution in [1.29, 1.82) is 0 Å². The fourth-order valence-corrected chi connectivity index (χ4v) is 4.86. The van der Waals surface area contributed by atoms with Crippen LogP contribution in [0.5, 0.6) is 0 Å². The normalized spacial score (nSPS) is 12.0. The lowest BCUT2D eigenvalue weighted by Crippen LogP contribution is -2.53. The Bertz CT molecular complexity index is 1560. The number of Topliss-reactive ketones (excluding diaryl/α,β-unsaturated/α-hetero) is 1. The number of hydrogen-bond donors (Lipinski definition) is 4. The van der Waals surface area contributed by atoms with Crippen molar-refractivity contribution in [2.45, 2.75) is 71.3 Å². The molecule has 0 saturated carbocycles. The minimum Gasteiger partial charge on any atom is -0.475 e. The number of benzene rings is 3. The molecule has 0 aromatic heterocycles. The number of alkyl halides is 3. The maximum absolute atomic E-state index is 13.5. The minimum atomic E-state index is -5.08. The molecule has 0 bridgehead atoms. The number of ketones is 1. The van der Waals surface area contributed by atoms with Crippen LogP contribution in [0.1, 0.15) is 57.4 Å². The Kier molecular flexibility index (Phi) is 16.6. The number of esters is 1. The van der Waals surface area contributed by atoms with E-state index in [1.807, 2.05) is 93.6 Å². The number of aliphatic carboxylic acids is 1. The van der Waals surface area contributed by atoms with Gasteiger partial charge >= 0.3 is 24.2 Å². The van der Waals surface area contributed by atoms with Crippen LogP contribution >= 0.6 is 0 Å². The molecule has 0 aliphatic heterocycles. The van der Waals surface area contributed by atoms with Crippen LogP contribution in [0.15, 0.2) is 72.8 Å². The largest absolute Gasteiger partial charge is 0.490 e. The van der Waals surface area contributed by atoms with Gasteiger partial charge in [-0.1, -0.05) is 78.4 Å². The van der Waals surface area contributed by atoms with Gasteiger partial charge in [0, 0.05) is 6.42 Å². The van der Waals surface area contributed by atoms with E-state index in [9.17, 15) is 32.3 Å². The molecule has 0 heterocycles. The predicted octanol–water partition coefficient (Wildman–Crippen LogP) is 5.12. The Morgan fingerprint density at radius 3 is 1.86 bits per heavy atom. The Labute approximate surface area is 288 Å². The predicted molar refractivity (Wildman–Crippen MR) is 178 cm³/mol. The number of nitrogens with one attached hydrogen (secondary N) is 2. The Morgan fingerprint density at radius 1 is 0.800 bits per heavy atom. The first kappa shape index (κ1) is 40.9. The number of hydrogen-bond acceptors (Lipinski definition) is 8. The van der Waals surface area contributed by atoms with Crippen molar-refractivity contribution in [2.75, 3.05) is 13.2 Å². The van der Waals surface area contributed by atoms with Crippen LogP contribution < -0.4 is 16.4 Å². The molecule has 0 aliphatic rings. The summed E-state index contributed by atoms with van der Waals surface area (Å²) < 4.78 is 42.5. The second kappa shape index (κ2) is 20.3. The molecule has 0 spiro atoms. The third-order valence-electron chi connectivity index (χ3n) is 7.23. The molecule has 50 heavy (non-hydrogen) atoms. The smallest absolute Gasteiger partial charge is 0.475 e. The summed E-state index contributed by atoms with van der Waals surface area (Å²) >= 11 is 0. The SMILES string of the molecule is Cc1cc(C)c(C(=O)OCC(=O)[C@H](CCCCN)NC(=O)[C@H](Cc2ccccc2)NC(=O)OCc2ccccc2)c(C)c1.O=C(O)C(F)(F)F. The molecule has 3 rings (SSSR count). The highest BCUT2D eigenvalue weighted by molar-refractivity contribution is 5.96. The van der Waals surface area contributed by atoms with Crippen LogP contribution in [0, 0.1) is 20.8 Å². The van der Waals surface area contributed by atoms with Crippen LogP contribution in [-0.2, 0) is 36.9 Å². The summed E-state index contributed by atoms with van der Waals surface area (Å²) in [5.74, 6) is -4.36. The summed E-state index contributed by atoms with van der Waals surface area (Å²) in [5.41, 5.74) is 10.2. The first-order valence-electron chi connectivity index (χ1n) is 15.7. The standard InChI is InChI=1S/C34H41N3O6.C2HF3O2/c1-23-18-24(2)31(25(3)19-23)33(40)42-22-30(38)28(16-10-11-17-35)36-32(39)29(20-26-12-6-4-7-13-26)37-34(41)43-21-27-14-8-5-9-15-27;3-2(4,5)1(6)7/h4-9,12-15,18-19,28-29H,10-11,16-17,20-22,35H2,1-3H3,(H,36,39)(H,37,41);(H,6,7)/t28-,29-;/m0./s1. The van der Waals surface area contributed by atoms with Crippen LogP contribution in [-0.4, -0.2) is 66.2 Å². The highest BCUT2D eigenvalue weighted by Gasteiger charge is 2.38. The van der Waals surface area contributed by atoms with Crippen molar-refractivity contribution in [3.05, 3.63) is 106 Å². The van der Waals surface area contributed by atoms with E-state index in [4.69, 9.17) is 25.1 Å². The van der Waals surface area contributed by atoms with Gasteiger partial charge in [0.2, 0.25) is 5.91 Å². The average molecular weight is 702 g/mol. The van der Waals surface area contributed by atoms with Gasteiger partial charge in [-0.2, -0.15) is 13.2 Å². The molecular weight excluding hydrogens is 659 g/mol. The van der Waals surface area contributed by atoms with E-state index < -0.39 is 54.6 Å². The van der Waals surface area contributed by atoms with Crippen molar-refractivity contribution in [2.24, 2.45) is 5.73 Å². The van der Waals surface area contributed by atoms with E-state index in [0.29, 0.717) is 31.4 Å². The molecule has 2 atom stereocenters.